The first-order valence-electron chi connectivity index (χ1n) is 7.60. The van der Waals surface area contributed by atoms with Crippen molar-refractivity contribution < 1.29 is 4.42 Å². The molecular formula is C17H16N4O3S. The van der Waals surface area contributed by atoms with Gasteiger partial charge in [-0.2, -0.15) is 0 Å². The molecule has 0 bridgehead atoms. The number of nitrogens with one attached hydrogen (secondary N) is 2. The monoisotopic (exact) mass is 356 g/mol. The van der Waals surface area contributed by atoms with Crippen molar-refractivity contribution in [2.24, 2.45) is 0 Å². The molecule has 25 heavy (non-hydrogen) atoms. The summed E-state index contributed by atoms with van der Waals surface area (Å²) in [7, 11) is 0. The number of H-pyrrole nitrogens is 2. The minimum atomic E-state index is -0.529. The summed E-state index contributed by atoms with van der Waals surface area (Å²) in [5, 5.41) is 8.34. The van der Waals surface area contributed by atoms with E-state index in [9.17, 15) is 9.59 Å². The predicted molar refractivity (Wildman–Crippen MR) is 95.7 cm³/mol. The van der Waals surface area contributed by atoms with Crippen molar-refractivity contribution in [3.8, 4) is 0 Å². The van der Waals surface area contributed by atoms with Gasteiger partial charge < -0.3 is 9.40 Å². The first-order valence-corrected chi connectivity index (χ1v) is 8.59. The van der Waals surface area contributed by atoms with E-state index < -0.39 is 11.2 Å². The normalized spacial score (nSPS) is 11.2. The Morgan fingerprint density at radius 3 is 2.72 bits per heavy atom. The van der Waals surface area contributed by atoms with Gasteiger partial charge in [-0.1, -0.05) is 54.2 Å². The van der Waals surface area contributed by atoms with Gasteiger partial charge in [-0.15, -0.1) is 10.2 Å². The standard InChI is InChI=1S/C17H16N4O3S/c1-11-13(15(22)19-16(23)18-11)10-14-20-21-17(24-14)25-9-5-8-12-6-3-2-4-7-12/h2-8H,9-10H2,1H3,(H2,18,19,22,23)/b8-5+. The van der Waals surface area contributed by atoms with Crippen LogP contribution in [0.2, 0.25) is 0 Å². The first kappa shape index (κ1) is 17.0. The number of aryl methyl sites for hydroxylation is 1. The summed E-state index contributed by atoms with van der Waals surface area (Å²) < 4.78 is 5.54. The molecule has 0 radical (unpaired) electrons. The minimum absolute atomic E-state index is 0.172. The zero-order chi connectivity index (χ0) is 17.6. The van der Waals surface area contributed by atoms with E-state index in [1.54, 1.807) is 6.92 Å². The summed E-state index contributed by atoms with van der Waals surface area (Å²) in [5.41, 5.74) is 1.05. The van der Waals surface area contributed by atoms with E-state index in [4.69, 9.17) is 4.42 Å². The second kappa shape index (κ2) is 7.80. The first-order chi connectivity index (χ1) is 12.1. The molecule has 2 heterocycles. The van der Waals surface area contributed by atoms with Gasteiger partial charge in [-0.05, 0) is 12.5 Å². The van der Waals surface area contributed by atoms with Gasteiger partial charge in [0, 0.05) is 17.0 Å². The number of aromatic amines is 2. The largest absolute Gasteiger partial charge is 0.416 e. The number of nitrogens with zero attached hydrogens (tertiary/aromatic N) is 2. The van der Waals surface area contributed by atoms with E-state index in [2.05, 4.69) is 20.2 Å². The maximum absolute atomic E-state index is 11.8. The van der Waals surface area contributed by atoms with Gasteiger partial charge in [0.15, 0.2) is 0 Å². The number of thioether (sulfide) groups is 1. The summed E-state index contributed by atoms with van der Waals surface area (Å²) in [6, 6.07) is 9.99. The molecule has 0 aliphatic carbocycles. The molecule has 0 aliphatic heterocycles. The molecule has 0 atom stereocenters. The molecule has 0 spiro atoms. The average Bonchev–Trinajstić information content (AvgIpc) is 3.03. The van der Waals surface area contributed by atoms with Crippen LogP contribution in [0, 0.1) is 6.92 Å². The minimum Gasteiger partial charge on any atom is -0.416 e. The molecule has 1 aromatic carbocycles. The molecule has 0 saturated carbocycles. The molecule has 7 nitrogen and oxygen atoms in total. The van der Waals surface area contributed by atoms with Crippen LogP contribution in [-0.4, -0.2) is 25.9 Å². The number of hydrogen-bond acceptors (Lipinski definition) is 6. The summed E-state index contributed by atoms with van der Waals surface area (Å²) in [5.74, 6) is 1.02. The zero-order valence-electron chi connectivity index (χ0n) is 13.5. The quantitative estimate of drug-likeness (QED) is 0.656. The van der Waals surface area contributed by atoms with Crippen LogP contribution in [0.15, 0.2) is 55.6 Å². The van der Waals surface area contributed by atoms with Crippen molar-refractivity contribution in [1.29, 1.82) is 0 Å². The number of aromatic nitrogens is 4. The third kappa shape index (κ3) is 4.57. The van der Waals surface area contributed by atoms with Crippen molar-refractivity contribution in [3.63, 3.8) is 0 Å². The molecule has 128 valence electrons. The Kier molecular flexibility index (Phi) is 5.30. The zero-order valence-corrected chi connectivity index (χ0v) is 14.3. The van der Waals surface area contributed by atoms with Gasteiger partial charge in [-0.3, -0.25) is 9.78 Å². The van der Waals surface area contributed by atoms with Crippen molar-refractivity contribution in [2.75, 3.05) is 5.75 Å². The molecule has 0 amide bonds. The molecule has 0 saturated heterocycles. The van der Waals surface area contributed by atoms with Crippen LogP contribution in [0.1, 0.15) is 22.7 Å². The lowest BCUT2D eigenvalue weighted by Gasteiger charge is -2.00. The number of hydrogen-bond donors (Lipinski definition) is 2. The topological polar surface area (TPSA) is 105 Å². The van der Waals surface area contributed by atoms with Crippen LogP contribution in [0.3, 0.4) is 0 Å². The fourth-order valence-corrected chi connectivity index (χ4v) is 2.81. The van der Waals surface area contributed by atoms with Gasteiger partial charge >= 0.3 is 5.69 Å². The number of rotatable bonds is 6. The van der Waals surface area contributed by atoms with E-state index >= 15 is 0 Å². The Morgan fingerprint density at radius 1 is 1.16 bits per heavy atom. The third-order valence-electron chi connectivity index (χ3n) is 3.44. The lowest BCUT2D eigenvalue weighted by molar-refractivity contribution is 0.420. The summed E-state index contributed by atoms with van der Waals surface area (Å²) in [6.07, 6.45) is 4.21. The fourth-order valence-electron chi connectivity index (χ4n) is 2.23. The molecule has 0 fully saturated rings. The smallest absolute Gasteiger partial charge is 0.325 e. The lowest BCUT2D eigenvalue weighted by Crippen LogP contribution is -2.27. The summed E-state index contributed by atoms with van der Waals surface area (Å²) in [6.45, 7) is 1.66. The fraction of sp³-hybridized carbons (Fsp3) is 0.176. The second-order valence-electron chi connectivity index (χ2n) is 5.27. The third-order valence-corrected chi connectivity index (χ3v) is 4.22. The molecular weight excluding hydrogens is 340 g/mol. The van der Waals surface area contributed by atoms with Gasteiger partial charge in [-0.25, -0.2) is 4.79 Å². The maximum atomic E-state index is 11.8. The van der Waals surface area contributed by atoms with Crippen molar-refractivity contribution in [3.05, 3.63) is 80.0 Å². The van der Waals surface area contributed by atoms with Gasteiger partial charge in [0.1, 0.15) is 0 Å². The highest BCUT2D eigenvalue weighted by atomic mass is 32.2. The molecule has 3 rings (SSSR count). The van der Waals surface area contributed by atoms with Crippen molar-refractivity contribution in [1.82, 2.24) is 20.2 Å². The van der Waals surface area contributed by atoms with Crippen LogP contribution in [0.25, 0.3) is 6.08 Å². The van der Waals surface area contributed by atoms with Crippen LogP contribution >= 0.6 is 11.8 Å². The summed E-state index contributed by atoms with van der Waals surface area (Å²) in [4.78, 5) is 27.8. The Hall–Kier alpha value is -2.87. The van der Waals surface area contributed by atoms with Gasteiger partial charge in [0.05, 0.1) is 6.42 Å². The van der Waals surface area contributed by atoms with Crippen LogP contribution < -0.4 is 11.2 Å². The van der Waals surface area contributed by atoms with E-state index in [-0.39, 0.29) is 6.42 Å². The van der Waals surface area contributed by atoms with Crippen molar-refractivity contribution in [2.45, 2.75) is 18.6 Å². The molecule has 2 N–H and O–H groups in total. The van der Waals surface area contributed by atoms with Gasteiger partial charge in [0.2, 0.25) is 5.89 Å². The molecule has 8 heteroatoms. The Morgan fingerprint density at radius 2 is 1.96 bits per heavy atom. The molecule has 2 aromatic heterocycles. The van der Waals surface area contributed by atoms with E-state index in [1.165, 1.54) is 11.8 Å². The van der Waals surface area contributed by atoms with Gasteiger partial charge in [0.25, 0.3) is 10.8 Å². The van der Waals surface area contributed by atoms with E-state index in [0.29, 0.717) is 28.1 Å². The molecule has 0 unspecified atom stereocenters. The van der Waals surface area contributed by atoms with E-state index in [0.717, 1.165) is 5.56 Å². The van der Waals surface area contributed by atoms with Crippen LogP contribution in [0.5, 0.6) is 0 Å². The average molecular weight is 356 g/mol. The Bertz CT molecular complexity index is 989. The second-order valence-corrected chi connectivity index (χ2v) is 6.25. The van der Waals surface area contributed by atoms with Crippen LogP contribution in [0.4, 0.5) is 0 Å². The molecule has 3 aromatic rings. The Labute approximate surface area is 147 Å². The van der Waals surface area contributed by atoms with E-state index in [1.807, 2.05) is 42.5 Å². The maximum Gasteiger partial charge on any atom is 0.325 e. The predicted octanol–water partition coefficient (Wildman–Crippen LogP) is 2.15. The number of benzene rings is 1. The SMILES string of the molecule is Cc1[nH]c(=O)[nH]c(=O)c1Cc1nnc(SC/C=C/c2ccccc2)o1. The highest BCUT2D eigenvalue weighted by molar-refractivity contribution is 7.99. The lowest BCUT2D eigenvalue weighted by atomic mass is 10.2. The highest BCUT2D eigenvalue weighted by Crippen LogP contribution is 2.18. The van der Waals surface area contributed by atoms with Crippen molar-refractivity contribution >= 4 is 17.8 Å². The Balaban J connectivity index is 1.60. The summed E-state index contributed by atoms with van der Waals surface area (Å²) >= 11 is 1.41. The highest BCUT2D eigenvalue weighted by Gasteiger charge is 2.12. The molecule has 0 aliphatic rings. The van der Waals surface area contributed by atoms with Crippen LogP contribution in [-0.2, 0) is 6.42 Å².